The van der Waals surface area contributed by atoms with Gasteiger partial charge in [-0.2, -0.15) is 0 Å². The number of hydrogen-bond acceptors (Lipinski definition) is 3. The van der Waals surface area contributed by atoms with Gasteiger partial charge in [0.25, 0.3) is 0 Å². The SMILES string of the molecule is CC(C)n1ccc2cc(Nc3ncc(C4CC4)cc3C(=O)O)ccc21. The van der Waals surface area contributed by atoms with Crippen LogP contribution in [0.5, 0.6) is 0 Å². The average molecular weight is 335 g/mol. The molecule has 128 valence electrons. The summed E-state index contributed by atoms with van der Waals surface area (Å²) in [6.07, 6.45) is 6.11. The van der Waals surface area contributed by atoms with E-state index in [0.717, 1.165) is 35.0 Å². The number of carbonyl (C=O) groups is 1. The highest BCUT2D eigenvalue weighted by atomic mass is 16.4. The Hall–Kier alpha value is -2.82. The zero-order chi connectivity index (χ0) is 17.6. The van der Waals surface area contributed by atoms with E-state index in [1.165, 1.54) is 0 Å². The Kier molecular flexibility index (Phi) is 3.71. The molecule has 2 aromatic heterocycles. The number of benzene rings is 1. The van der Waals surface area contributed by atoms with Crippen LogP contribution in [0.25, 0.3) is 10.9 Å². The Balaban J connectivity index is 1.67. The molecule has 2 heterocycles. The number of hydrogen-bond donors (Lipinski definition) is 2. The maximum absolute atomic E-state index is 11.6. The number of nitrogens with zero attached hydrogens (tertiary/aromatic N) is 2. The van der Waals surface area contributed by atoms with Crippen molar-refractivity contribution in [3.05, 3.63) is 53.9 Å². The van der Waals surface area contributed by atoms with Crippen LogP contribution in [0, 0.1) is 0 Å². The summed E-state index contributed by atoms with van der Waals surface area (Å²) in [4.78, 5) is 16.0. The third kappa shape index (κ3) is 2.97. The third-order valence-electron chi connectivity index (χ3n) is 4.73. The van der Waals surface area contributed by atoms with Gasteiger partial charge in [-0.1, -0.05) is 0 Å². The second-order valence-corrected chi connectivity index (χ2v) is 6.96. The molecule has 0 spiro atoms. The van der Waals surface area contributed by atoms with Gasteiger partial charge >= 0.3 is 5.97 Å². The van der Waals surface area contributed by atoms with Crippen molar-refractivity contribution < 1.29 is 9.90 Å². The molecule has 5 heteroatoms. The monoisotopic (exact) mass is 335 g/mol. The summed E-state index contributed by atoms with van der Waals surface area (Å²) in [5, 5.41) is 13.8. The Morgan fingerprint density at radius 1 is 1.28 bits per heavy atom. The van der Waals surface area contributed by atoms with Crippen LogP contribution in [0.4, 0.5) is 11.5 Å². The molecule has 1 saturated carbocycles. The van der Waals surface area contributed by atoms with Crippen LogP contribution in [0.15, 0.2) is 42.7 Å². The van der Waals surface area contributed by atoms with Gasteiger partial charge in [-0.3, -0.25) is 0 Å². The fraction of sp³-hybridized carbons (Fsp3) is 0.300. The molecule has 1 aliphatic carbocycles. The van der Waals surface area contributed by atoms with Crippen molar-refractivity contribution in [2.75, 3.05) is 5.32 Å². The van der Waals surface area contributed by atoms with Gasteiger partial charge in [-0.15, -0.1) is 0 Å². The number of carboxylic acids is 1. The molecule has 0 unspecified atom stereocenters. The number of carboxylic acid groups (broad SMARTS) is 1. The van der Waals surface area contributed by atoms with Gasteiger partial charge in [-0.25, -0.2) is 9.78 Å². The van der Waals surface area contributed by atoms with E-state index < -0.39 is 5.97 Å². The Labute approximate surface area is 146 Å². The predicted octanol–water partition coefficient (Wildman–Crippen LogP) is 4.94. The molecule has 1 aromatic carbocycles. The lowest BCUT2D eigenvalue weighted by Gasteiger charge is -2.12. The van der Waals surface area contributed by atoms with E-state index in [9.17, 15) is 9.90 Å². The Morgan fingerprint density at radius 3 is 2.76 bits per heavy atom. The summed E-state index contributed by atoms with van der Waals surface area (Å²) < 4.78 is 2.21. The number of anilines is 2. The van der Waals surface area contributed by atoms with Crippen LogP contribution in [-0.2, 0) is 0 Å². The number of rotatable bonds is 5. The van der Waals surface area contributed by atoms with Gasteiger partial charge in [-0.05, 0) is 68.5 Å². The van der Waals surface area contributed by atoms with E-state index in [-0.39, 0.29) is 5.56 Å². The van der Waals surface area contributed by atoms with Crippen molar-refractivity contribution >= 4 is 28.4 Å². The number of nitrogens with one attached hydrogen (secondary N) is 1. The standard InChI is InChI=1S/C20H21N3O2/c1-12(2)23-8-7-14-9-16(5-6-18(14)23)22-19-17(20(24)25)10-15(11-21-19)13-3-4-13/h5-13H,3-4H2,1-2H3,(H,21,22)(H,24,25). The maximum Gasteiger partial charge on any atom is 0.339 e. The second kappa shape index (κ2) is 5.92. The zero-order valence-corrected chi connectivity index (χ0v) is 14.4. The van der Waals surface area contributed by atoms with Crippen LogP contribution >= 0.6 is 0 Å². The smallest absolute Gasteiger partial charge is 0.339 e. The fourth-order valence-corrected chi connectivity index (χ4v) is 3.21. The minimum absolute atomic E-state index is 0.226. The number of aromatic carboxylic acids is 1. The number of fused-ring (bicyclic) bond motifs is 1. The summed E-state index contributed by atoms with van der Waals surface area (Å²) in [6.45, 7) is 4.30. The summed E-state index contributed by atoms with van der Waals surface area (Å²) in [6, 6.07) is 10.3. The zero-order valence-electron chi connectivity index (χ0n) is 14.4. The summed E-state index contributed by atoms with van der Waals surface area (Å²) in [5.74, 6) is -0.0871. The Morgan fingerprint density at radius 2 is 2.08 bits per heavy atom. The van der Waals surface area contributed by atoms with Crippen LogP contribution in [-0.4, -0.2) is 20.6 Å². The molecule has 4 rings (SSSR count). The highest BCUT2D eigenvalue weighted by Gasteiger charge is 2.26. The quantitative estimate of drug-likeness (QED) is 0.693. The van der Waals surface area contributed by atoms with Gasteiger partial charge < -0.3 is 15.0 Å². The molecule has 0 atom stereocenters. The molecular weight excluding hydrogens is 314 g/mol. The van der Waals surface area contributed by atoms with Gasteiger partial charge in [0.1, 0.15) is 11.4 Å². The molecule has 0 radical (unpaired) electrons. The first-order chi connectivity index (χ1) is 12.0. The molecule has 1 fully saturated rings. The van der Waals surface area contributed by atoms with Crippen molar-refractivity contribution in [3.8, 4) is 0 Å². The molecule has 1 aliphatic rings. The van der Waals surface area contributed by atoms with E-state index in [1.54, 1.807) is 12.3 Å². The predicted molar refractivity (Wildman–Crippen MR) is 98.8 cm³/mol. The topological polar surface area (TPSA) is 67.2 Å². The van der Waals surface area contributed by atoms with Crippen molar-refractivity contribution in [2.45, 2.75) is 38.6 Å². The lowest BCUT2D eigenvalue weighted by Crippen LogP contribution is -2.06. The molecular formula is C20H21N3O2. The van der Waals surface area contributed by atoms with Crippen LogP contribution in [0.1, 0.15) is 54.6 Å². The molecule has 0 aliphatic heterocycles. The lowest BCUT2D eigenvalue weighted by atomic mass is 10.1. The van der Waals surface area contributed by atoms with Crippen LogP contribution in [0.2, 0.25) is 0 Å². The minimum Gasteiger partial charge on any atom is -0.478 e. The van der Waals surface area contributed by atoms with E-state index in [1.807, 2.05) is 12.1 Å². The summed E-state index contributed by atoms with van der Waals surface area (Å²) in [7, 11) is 0. The normalized spacial score (nSPS) is 14.2. The molecule has 5 nitrogen and oxygen atoms in total. The lowest BCUT2D eigenvalue weighted by molar-refractivity contribution is 0.0697. The minimum atomic E-state index is -0.954. The third-order valence-corrected chi connectivity index (χ3v) is 4.73. The average Bonchev–Trinajstić information content (AvgIpc) is 3.34. The molecule has 0 bridgehead atoms. The Bertz CT molecular complexity index is 955. The number of aromatic nitrogens is 2. The molecule has 25 heavy (non-hydrogen) atoms. The van der Waals surface area contributed by atoms with Gasteiger partial charge in [0.2, 0.25) is 0 Å². The highest BCUT2D eigenvalue weighted by Crippen LogP contribution is 2.40. The van der Waals surface area contributed by atoms with E-state index in [0.29, 0.717) is 17.8 Å². The van der Waals surface area contributed by atoms with Crippen molar-refractivity contribution in [1.29, 1.82) is 0 Å². The van der Waals surface area contributed by atoms with E-state index in [4.69, 9.17) is 0 Å². The number of pyridine rings is 1. The van der Waals surface area contributed by atoms with Crippen LogP contribution < -0.4 is 5.32 Å². The molecule has 3 aromatic rings. The molecule has 0 saturated heterocycles. The highest BCUT2D eigenvalue weighted by molar-refractivity contribution is 5.94. The van der Waals surface area contributed by atoms with Crippen molar-refractivity contribution in [3.63, 3.8) is 0 Å². The largest absolute Gasteiger partial charge is 0.478 e. The van der Waals surface area contributed by atoms with Crippen molar-refractivity contribution in [2.24, 2.45) is 0 Å². The fourth-order valence-electron chi connectivity index (χ4n) is 3.21. The van der Waals surface area contributed by atoms with Gasteiger partial charge in [0.05, 0.1) is 0 Å². The van der Waals surface area contributed by atoms with Gasteiger partial charge in [0, 0.05) is 35.0 Å². The summed E-state index contributed by atoms with van der Waals surface area (Å²) in [5.41, 5.74) is 3.25. The van der Waals surface area contributed by atoms with Crippen LogP contribution in [0.3, 0.4) is 0 Å². The first-order valence-corrected chi connectivity index (χ1v) is 8.64. The molecule has 0 amide bonds. The molecule has 2 N–H and O–H groups in total. The van der Waals surface area contributed by atoms with E-state index >= 15 is 0 Å². The van der Waals surface area contributed by atoms with E-state index in [2.05, 4.69) is 47.0 Å². The van der Waals surface area contributed by atoms with Crippen molar-refractivity contribution in [1.82, 2.24) is 9.55 Å². The second-order valence-electron chi connectivity index (χ2n) is 6.96. The summed E-state index contributed by atoms with van der Waals surface area (Å²) >= 11 is 0. The van der Waals surface area contributed by atoms with Gasteiger partial charge in [0.15, 0.2) is 0 Å². The first kappa shape index (κ1) is 15.7. The first-order valence-electron chi connectivity index (χ1n) is 8.64. The maximum atomic E-state index is 11.6.